The Bertz CT molecular complexity index is 781. The third kappa shape index (κ3) is 5.04. The summed E-state index contributed by atoms with van der Waals surface area (Å²) < 4.78 is 0. The van der Waals surface area contributed by atoms with Gasteiger partial charge in [0.15, 0.2) is 0 Å². The fourth-order valence-electron chi connectivity index (χ4n) is 4.30. The van der Waals surface area contributed by atoms with Gasteiger partial charge in [-0.15, -0.1) is 0 Å². The summed E-state index contributed by atoms with van der Waals surface area (Å²) in [6, 6.07) is 8.86. The van der Waals surface area contributed by atoms with Crippen LogP contribution in [0.25, 0.3) is 5.57 Å². The van der Waals surface area contributed by atoms with Crippen molar-refractivity contribution in [2.24, 2.45) is 22.7 Å². The van der Waals surface area contributed by atoms with Crippen LogP contribution in [0.2, 0.25) is 0 Å². The van der Waals surface area contributed by atoms with Crippen LogP contribution in [-0.2, 0) is 0 Å². The van der Waals surface area contributed by atoms with Crippen molar-refractivity contribution in [2.75, 3.05) is 18.4 Å². The molecular weight excluding hydrogens is 340 g/mol. The topological polar surface area (TPSA) is 24.4 Å². The predicted molar refractivity (Wildman–Crippen MR) is 124 cm³/mol. The first kappa shape index (κ1) is 20.6. The molecule has 2 aliphatic rings. The zero-order chi connectivity index (χ0) is 19.9. The van der Waals surface area contributed by atoms with E-state index in [4.69, 9.17) is 4.99 Å². The Labute approximate surface area is 171 Å². The highest BCUT2D eigenvalue weighted by Gasteiger charge is 2.28. The van der Waals surface area contributed by atoms with Crippen LogP contribution < -0.4 is 5.32 Å². The van der Waals surface area contributed by atoms with Crippen LogP contribution in [-0.4, -0.2) is 18.8 Å². The molecule has 3 atom stereocenters. The highest BCUT2D eigenvalue weighted by molar-refractivity contribution is 6.03. The highest BCUT2D eigenvalue weighted by atomic mass is 14.9. The summed E-state index contributed by atoms with van der Waals surface area (Å²) in [4.78, 5) is 5.00. The third-order valence-electron chi connectivity index (χ3n) is 6.21. The maximum atomic E-state index is 5.00. The maximum Gasteiger partial charge on any atom is 0.0426 e. The normalized spacial score (nSPS) is 25.3. The first-order valence-corrected chi connectivity index (χ1v) is 11.1. The van der Waals surface area contributed by atoms with Crippen molar-refractivity contribution in [1.29, 1.82) is 0 Å². The van der Waals surface area contributed by atoms with Crippen molar-refractivity contribution in [3.8, 4) is 0 Å². The molecule has 0 saturated heterocycles. The molecule has 0 bridgehead atoms. The lowest BCUT2D eigenvalue weighted by Gasteiger charge is -2.32. The minimum atomic E-state index is 0.568. The molecule has 0 amide bonds. The lowest BCUT2D eigenvalue weighted by atomic mass is 9.77. The second-order valence-corrected chi connectivity index (χ2v) is 8.32. The van der Waals surface area contributed by atoms with Gasteiger partial charge in [-0.1, -0.05) is 64.5 Å². The molecule has 0 aromatic heterocycles. The molecule has 0 spiro atoms. The molecule has 0 fully saturated rings. The minimum absolute atomic E-state index is 0.568. The average Bonchev–Trinajstić information content (AvgIpc) is 2.69. The lowest BCUT2D eigenvalue weighted by Crippen LogP contribution is -2.27. The molecule has 2 heteroatoms. The zero-order valence-corrected chi connectivity index (χ0v) is 18.0. The van der Waals surface area contributed by atoms with Crippen molar-refractivity contribution in [3.05, 3.63) is 59.7 Å². The van der Waals surface area contributed by atoms with E-state index in [-0.39, 0.29) is 0 Å². The molecule has 1 heterocycles. The molecule has 1 aromatic carbocycles. The number of nitrogens with zero attached hydrogens (tertiary/aromatic N) is 1. The van der Waals surface area contributed by atoms with E-state index in [1.807, 2.05) is 0 Å². The maximum absolute atomic E-state index is 5.00. The van der Waals surface area contributed by atoms with E-state index in [0.29, 0.717) is 17.8 Å². The van der Waals surface area contributed by atoms with Gasteiger partial charge in [0.05, 0.1) is 0 Å². The van der Waals surface area contributed by atoms with E-state index in [1.54, 1.807) is 0 Å². The van der Waals surface area contributed by atoms with Gasteiger partial charge in [0.1, 0.15) is 0 Å². The van der Waals surface area contributed by atoms with Crippen LogP contribution in [0.15, 0.2) is 59.1 Å². The Morgan fingerprint density at radius 2 is 2.04 bits per heavy atom. The van der Waals surface area contributed by atoms with Gasteiger partial charge >= 0.3 is 0 Å². The number of aliphatic imine (C=N–C) groups is 1. The SMILES string of the molecule is CCC=CCNc1cccc(C2=CC(C)CCC3=NCC(CC)C(C)C3=C2)c1. The molecule has 0 radical (unpaired) electrons. The molecule has 150 valence electrons. The van der Waals surface area contributed by atoms with Crippen molar-refractivity contribution in [3.63, 3.8) is 0 Å². The van der Waals surface area contributed by atoms with Crippen molar-refractivity contribution < 1.29 is 0 Å². The van der Waals surface area contributed by atoms with Crippen molar-refractivity contribution >= 4 is 17.0 Å². The van der Waals surface area contributed by atoms with Gasteiger partial charge in [0.25, 0.3) is 0 Å². The number of benzene rings is 1. The molecule has 1 N–H and O–H groups in total. The summed E-state index contributed by atoms with van der Waals surface area (Å²) in [5.74, 6) is 1.83. The molecular formula is C26H36N2. The Hall–Kier alpha value is -2.09. The van der Waals surface area contributed by atoms with E-state index in [2.05, 4.69) is 81.6 Å². The number of fused-ring (bicyclic) bond motifs is 1. The van der Waals surface area contributed by atoms with Crippen LogP contribution in [0.1, 0.15) is 58.9 Å². The van der Waals surface area contributed by atoms with Gasteiger partial charge in [-0.3, -0.25) is 4.99 Å². The van der Waals surface area contributed by atoms with Gasteiger partial charge < -0.3 is 5.32 Å². The number of hydrogen-bond donors (Lipinski definition) is 1. The minimum Gasteiger partial charge on any atom is -0.382 e. The van der Waals surface area contributed by atoms with Crippen LogP contribution in [0.4, 0.5) is 5.69 Å². The molecule has 3 unspecified atom stereocenters. The van der Waals surface area contributed by atoms with E-state index < -0.39 is 0 Å². The van der Waals surface area contributed by atoms with Gasteiger partial charge in [0.2, 0.25) is 0 Å². The molecule has 1 aromatic rings. The molecule has 0 saturated carbocycles. The fraction of sp³-hybridized carbons (Fsp3) is 0.500. The van der Waals surface area contributed by atoms with Crippen molar-refractivity contribution in [1.82, 2.24) is 0 Å². The van der Waals surface area contributed by atoms with Gasteiger partial charge in [-0.05, 0) is 71.9 Å². The summed E-state index contributed by atoms with van der Waals surface area (Å²) in [7, 11) is 0. The number of nitrogens with one attached hydrogen (secondary N) is 1. The average molecular weight is 377 g/mol. The number of allylic oxidation sites excluding steroid dienone is 5. The Morgan fingerprint density at radius 3 is 2.82 bits per heavy atom. The molecule has 28 heavy (non-hydrogen) atoms. The first-order chi connectivity index (χ1) is 13.6. The monoisotopic (exact) mass is 376 g/mol. The number of anilines is 1. The predicted octanol–water partition coefficient (Wildman–Crippen LogP) is 6.92. The Morgan fingerprint density at radius 1 is 1.18 bits per heavy atom. The van der Waals surface area contributed by atoms with Crippen LogP contribution in [0.5, 0.6) is 0 Å². The van der Waals surface area contributed by atoms with Crippen molar-refractivity contribution in [2.45, 2.75) is 53.4 Å². The first-order valence-electron chi connectivity index (χ1n) is 11.1. The standard InChI is InChI=1S/C26H36N2/c1-5-7-8-14-27-24-11-9-10-22(16-24)23-15-19(3)12-13-26-25(17-23)20(4)21(6-2)18-28-26/h7-11,15-17,19-21,27H,5-6,12-14,18H2,1-4H3. The largest absolute Gasteiger partial charge is 0.382 e. The zero-order valence-electron chi connectivity index (χ0n) is 18.0. The summed E-state index contributed by atoms with van der Waals surface area (Å²) in [5, 5.41) is 3.52. The fourth-order valence-corrected chi connectivity index (χ4v) is 4.30. The quantitative estimate of drug-likeness (QED) is 0.535. The summed E-state index contributed by atoms with van der Waals surface area (Å²) in [6.45, 7) is 11.1. The summed E-state index contributed by atoms with van der Waals surface area (Å²) in [5.41, 5.74) is 6.67. The van der Waals surface area contributed by atoms with E-state index >= 15 is 0 Å². The molecule has 2 nitrogen and oxygen atoms in total. The van der Waals surface area contributed by atoms with Gasteiger partial charge in [0, 0.05) is 24.5 Å². The van der Waals surface area contributed by atoms with E-state index in [1.165, 1.54) is 41.0 Å². The van der Waals surface area contributed by atoms with E-state index in [0.717, 1.165) is 25.9 Å². The Kier molecular flexibility index (Phi) is 7.30. The summed E-state index contributed by atoms with van der Waals surface area (Å²) >= 11 is 0. The lowest BCUT2D eigenvalue weighted by molar-refractivity contribution is 0.397. The number of rotatable bonds is 6. The molecule has 1 aliphatic heterocycles. The second-order valence-electron chi connectivity index (χ2n) is 8.32. The van der Waals surface area contributed by atoms with Gasteiger partial charge in [-0.25, -0.2) is 0 Å². The second kappa shape index (κ2) is 9.91. The molecule has 3 rings (SSSR count). The highest BCUT2D eigenvalue weighted by Crippen LogP contribution is 2.35. The van der Waals surface area contributed by atoms with Crippen LogP contribution >= 0.6 is 0 Å². The Balaban J connectivity index is 1.91. The molecule has 1 aliphatic carbocycles. The third-order valence-corrected chi connectivity index (χ3v) is 6.21. The van der Waals surface area contributed by atoms with E-state index in [9.17, 15) is 0 Å². The van der Waals surface area contributed by atoms with Crippen LogP contribution in [0.3, 0.4) is 0 Å². The summed E-state index contributed by atoms with van der Waals surface area (Å²) in [6.07, 6.45) is 13.9. The number of hydrogen-bond acceptors (Lipinski definition) is 2. The van der Waals surface area contributed by atoms with Crippen LogP contribution in [0, 0.1) is 17.8 Å². The smallest absolute Gasteiger partial charge is 0.0426 e. The van der Waals surface area contributed by atoms with Gasteiger partial charge in [-0.2, -0.15) is 0 Å².